The molecule has 0 spiro atoms. The van der Waals surface area contributed by atoms with Crippen molar-refractivity contribution < 1.29 is 5.11 Å². The Morgan fingerprint density at radius 2 is 2.00 bits per heavy atom. The van der Waals surface area contributed by atoms with Crippen LogP contribution in [0.2, 0.25) is 0 Å². The van der Waals surface area contributed by atoms with Crippen molar-refractivity contribution in [2.24, 2.45) is 0 Å². The van der Waals surface area contributed by atoms with Crippen molar-refractivity contribution in [3.05, 3.63) is 56.7 Å². The number of nitrogens with zero attached hydrogens (tertiary/aromatic N) is 2. The molecule has 19 heavy (non-hydrogen) atoms. The number of nitriles is 1. The van der Waals surface area contributed by atoms with Crippen LogP contribution >= 0.6 is 31.9 Å². The van der Waals surface area contributed by atoms with Crippen molar-refractivity contribution in [2.45, 2.75) is 0 Å². The topological polar surface area (TPSA) is 56.9 Å². The van der Waals surface area contributed by atoms with Crippen molar-refractivity contribution in [3.8, 4) is 11.8 Å². The lowest BCUT2D eigenvalue weighted by atomic mass is 10.1. The number of pyridine rings is 1. The minimum Gasteiger partial charge on any atom is -0.506 e. The molecule has 1 aromatic carbocycles. The predicted octanol–water partition coefficient (Wildman–Crippen LogP) is 4.38. The van der Waals surface area contributed by atoms with Crippen LogP contribution in [0, 0.1) is 11.3 Å². The quantitative estimate of drug-likeness (QED) is 0.788. The third-order valence-corrected chi connectivity index (χ3v) is 3.65. The summed E-state index contributed by atoms with van der Waals surface area (Å²) in [6.07, 6.45) is 5.04. The Hall–Kier alpha value is -1.64. The molecular weight excluding hydrogens is 372 g/mol. The molecule has 0 radical (unpaired) electrons. The molecule has 2 aromatic rings. The Labute approximate surface area is 127 Å². The van der Waals surface area contributed by atoms with Gasteiger partial charge in [0.15, 0.2) is 0 Å². The molecule has 0 fully saturated rings. The number of hydrogen-bond donors (Lipinski definition) is 1. The molecule has 0 aliphatic carbocycles. The van der Waals surface area contributed by atoms with Gasteiger partial charge in [-0.05, 0) is 61.7 Å². The third kappa shape index (κ3) is 3.22. The molecule has 0 unspecified atom stereocenters. The summed E-state index contributed by atoms with van der Waals surface area (Å²) in [5.41, 5.74) is 2.07. The number of phenols is 1. The zero-order valence-corrected chi connectivity index (χ0v) is 12.8. The summed E-state index contributed by atoms with van der Waals surface area (Å²) in [7, 11) is 0. The third-order valence-electron chi connectivity index (χ3n) is 2.44. The highest BCUT2D eigenvalue weighted by molar-refractivity contribution is 9.11. The van der Waals surface area contributed by atoms with Crippen molar-refractivity contribution in [3.63, 3.8) is 0 Å². The van der Waals surface area contributed by atoms with Crippen LogP contribution in [0.4, 0.5) is 0 Å². The van der Waals surface area contributed by atoms with Gasteiger partial charge in [-0.25, -0.2) is 0 Å². The molecule has 0 saturated heterocycles. The van der Waals surface area contributed by atoms with Crippen LogP contribution in [-0.2, 0) is 0 Å². The first kappa shape index (κ1) is 13.8. The number of hydrogen-bond acceptors (Lipinski definition) is 3. The molecule has 5 heteroatoms. The molecule has 0 saturated carbocycles. The molecule has 2 rings (SSSR count). The maximum atomic E-state index is 9.65. The standard InChI is InChI=1S/C14H8Br2N2O/c15-12-5-9(6-13(16)14(12)19)4-11(7-17)10-2-1-3-18-8-10/h1-6,8,19H/b11-4-. The van der Waals surface area contributed by atoms with Crippen molar-refractivity contribution in [1.29, 1.82) is 5.26 Å². The minimum absolute atomic E-state index is 0.136. The van der Waals surface area contributed by atoms with Gasteiger partial charge in [0.1, 0.15) is 5.75 Å². The normalized spacial score (nSPS) is 11.1. The van der Waals surface area contributed by atoms with Gasteiger partial charge >= 0.3 is 0 Å². The van der Waals surface area contributed by atoms with Crippen LogP contribution in [0.3, 0.4) is 0 Å². The molecule has 0 aliphatic rings. The molecule has 0 bridgehead atoms. The number of phenolic OH excluding ortho intramolecular Hbond substituents is 1. The maximum Gasteiger partial charge on any atom is 0.143 e. The number of benzene rings is 1. The van der Waals surface area contributed by atoms with Crippen LogP contribution in [-0.4, -0.2) is 10.1 Å². The highest BCUT2D eigenvalue weighted by Crippen LogP contribution is 2.34. The van der Waals surface area contributed by atoms with Crippen LogP contribution in [0.25, 0.3) is 11.6 Å². The second kappa shape index (κ2) is 6.00. The van der Waals surface area contributed by atoms with Crippen molar-refractivity contribution in [2.75, 3.05) is 0 Å². The van der Waals surface area contributed by atoms with E-state index in [4.69, 9.17) is 0 Å². The summed E-state index contributed by atoms with van der Waals surface area (Å²) >= 11 is 6.52. The van der Waals surface area contributed by atoms with E-state index in [2.05, 4.69) is 42.9 Å². The fraction of sp³-hybridized carbons (Fsp3) is 0. The molecule has 94 valence electrons. The molecular formula is C14H8Br2N2O. The molecule has 0 amide bonds. The summed E-state index contributed by atoms with van der Waals surface area (Å²) in [5, 5.41) is 18.9. The summed E-state index contributed by atoms with van der Waals surface area (Å²) < 4.78 is 1.13. The lowest BCUT2D eigenvalue weighted by Crippen LogP contribution is -1.84. The Kier molecular flexibility index (Phi) is 4.35. The minimum atomic E-state index is 0.136. The van der Waals surface area contributed by atoms with E-state index in [1.807, 2.05) is 6.07 Å². The Morgan fingerprint density at radius 1 is 1.32 bits per heavy atom. The van der Waals surface area contributed by atoms with Crippen LogP contribution in [0.1, 0.15) is 11.1 Å². The van der Waals surface area contributed by atoms with Crippen molar-refractivity contribution in [1.82, 2.24) is 4.98 Å². The van der Waals surface area contributed by atoms with E-state index in [9.17, 15) is 10.4 Å². The van der Waals surface area contributed by atoms with E-state index in [1.165, 1.54) is 0 Å². The van der Waals surface area contributed by atoms with Gasteiger partial charge in [-0.1, -0.05) is 6.07 Å². The van der Waals surface area contributed by atoms with E-state index in [-0.39, 0.29) is 5.75 Å². The van der Waals surface area contributed by atoms with Crippen LogP contribution in [0.5, 0.6) is 5.75 Å². The van der Waals surface area contributed by atoms with Crippen molar-refractivity contribution >= 4 is 43.5 Å². The Morgan fingerprint density at radius 3 is 2.53 bits per heavy atom. The first-order chi connectivity index (χ1) is 9.11. The van der Waals surface area contributed by atoms with Crippen LogP contribution in [0.15, 0.2) is 45.6 Å². The highest BCUT2D eigenvalue weighted by Gasteiger charge is 2.06. The van der Waals surface area contributed by atoms with Gasteiger partial charge in [-0.2, -0.15) is 5.26 Å². The SMILES string of the molecule is N#C/C(=C/c1cc(Br)c(O)c(Br)c1)c1cccnc1. The Bertz CT molecular complexity index is 653. The maximum absolute atomic E-state index is 9.65. The molecule has 3 nitrogen and oxygen atoms in total. The van der Waals surface area contributed by atoms with Crippen LogP contribution < -0.4 is 0 Å². The number of halogens is 2. The largest absolute Gasteiger partial charge is 0.506 e. The van der Waals surface area contributed by atoms with Gasteiger partial charge in [0.05, 0.1) is 20.6 Å². The molecule has 1 aromatic heterocycles. The van der Waals surface area contributed by atoms with E-state index < -0.39 is 0 Å². The zero-order valence-electron chi connectivity index (χ0n) is 9.64. The second-order valence-electron chi connectivity index (χ2n) is 3.74. The first-order valence-electron chi connectivity index (χ1n) is 5.32. The fourth-order valence-corrected chi connectivity index (χ4v) is 2.76. The molecule has 0 atom stereocenters. The van der Waals surface area contributed by atoms with E-state index in [0.29, 0.717) is 14.5 Å². The summed E-state index contributed by atoms with van der Waals surface area (Å²) in [6.45, 7) is 0. The average molecular weight is 380 g/mol. The van der Waals surface area contributed by atoms with Gasteiger partial charge in [-0.3, -0.25) is 4.98 Å². The zero-order chi connectivity index (χ0) is 13.8. The second-order valence-corrected chi connectivity index (χ2v) is 5.45. The van der Waals surface area contributed by atoms with Gasteiger partial charge in [0.25, 0.3) is 0 Å². The first-order valence-corrected chi connectivity index (χ1v) is 6.90. The van der Waals surface area contributed by atoms with E-state index in [0.717, 1.165) is 11.1 Å². The lowest BCUT2D eigenvalue weighted by molar-refractivity contribution is 0.468. The average Bonchev–Trinajstić information content (AvgIpc) is 2.43. The molecule has 1 N–H and O–H groups in total. The van der Waals surface area contributed by atoms with Gasteiger partial charge in [0.2, 0.25) is 0 Å². The number of aromatic nitrogens is 1. The summed E-state index contributed by atoms with van der Waals surface area (Å²) in [6, 6.07) is 9.24. The summed E-state index contributed by atoms with van der Waals surface area (Å²) in [5.74, 6) is 0.136. The number of aromatic hydroxyl groups is 1. The highest BCUT2D eigenvalue weighted by atomic mass is 79.9. The fourth-order valence-electron chi connectivity index (χ4n) is 1.54. The molecule has 1 heterocycles. The Balaban J connectivity index is 2.48. The monoisotopic (exact) mass is 378 g/mol. The predicted molar refractivity (Wildman–Crippen MR) is 81.2 cm³/mol. The molecule has 0 aliphatic heterocycles. The van der Waals surface area contributed by atoms with Gasteiger partial charge < -0.3 is 5.11 Å². The lowest BCUT2D eigenvalue weighted by Gasteiger charge is -2.03. The smallest absolute Gasteiger partial charge is 0.143 e. The van der Waals surface area contributed by atoms with Gasteiger partial charge in [-0.15, -0.1) is 0 Å². The van der Waals surface area contributed by atoms with E-state index >= 15 is 0 Å². The number of rotatable bonds is 2. The summed E-state index contributed by atoms with van der Waals surface area (Å²) in [4.78, 5) is 3.99. The van der Waals surface area contributed by atoms with E-state index in [1.54, 1.807) is 36.7 Å². The van der Waals surface area contributed by atoms with Gasteiger partial charge in [0, 0.05) is 18.0 Å². The number of allylic oxidation sites excluding steroid dienone is 1.